The van der Waals surface area contributed by atoms with E-state index in [4.69, 9.17) is 5.11 Å². The molecule has 0 aliphatic rings. The molecule has 0 saturated heterocycles. The van der Waals surface area contributed by atoms with Gasteiger partial charge in [0.05, 0.1) is 6.42 Å². The number of rotatable bonds is 14. The molecule has 0 heterocycles. The maximum atomic E-state index is 10.4. The molecule has 19 heavy (non-hydrogen) atoms. The summed E-state index contributed by atoms with van der Waals surface area (Å²) in [4.78, 5) is 11.2. The van der Waals surface area contributed by atoms with Gasteiger partial charge in [-0.3, -0.25) is 4.79 Å². The molecule has 0 aromatic heterocycles. The van der Waals surface area contributed by atoms with Crippen molar-refractivity contribution in [2.45, 2.75) is 77.6 Å². The van der Waals surface area contributed by atoms with Crippen LogP contribution < -0.4 is 0 Å². The summed E-state index contributed by atoms with van der Waals surface area (Å²) in [7, 11) is 0. The Morgan fingerprint density at radius 2 is 1.42 bits per heavy atom. The fourth-order valence-electron chi connectivity index (χ4n) is 2.03. The van der Waals surface area contributed by atoms with Crippen molar-refractivity contribution in [3.05, 3.63) is 11.5 Å². The highest BCUT2D eigenvalue weighted by atomic mass is 32.2. The molecule has 112 valence electrons. The molecule has 2 nitrogen and oxygen atoms in total. The molecule has 0 aromatic carbocycles. The number of hydrogen-bond donors (Lipinski definition) is 1. The number of hydrogen-bond acceptors (Lipinski definition) is 2. The summed E-state index contributed by atoms with van der Waals surface area (Å²) in [5, 5.41) is 8.59. The maximum Gasteiger partial charge on any atom is 0.308 e. The summed E-state index contributed by atoms with van der Waals surface area (Å²) in [5.41, 5.74) is 0. The van der Waals surface area contributed by atoms with Gasteiger partial charge in [-0.15, -0.1) is 11.8 Å². The Balaban J connectivity index is 3.10. The smallest absolute Gasteiger partial charge is 0.308 e. The van der Waals surface area contributed by atoms with Crippen LogP contribution in [0.3, 0.4) is 0 Å². The SMILES string of the molecule is C=C(CC(=O)O)SCCCCCCCCCCCC. The van der Waals surface area contributed by atoms with E-state index in [-0.39, 0.29) is 6.42 Å². The van der Waals surface area contributed by atoms with Crippen LogP contribution >= 0.6 is 11.8 Å². The van der Waals surface area contributed by atoms with E-state index in [0.29, 0.717) is 0 Å². The van der Waals surface area contributed by atoms with Crippen molar-refractivity contribution < 1.29 is 9.90 Å². The first-order chi connectivity index (χ1) is 9.16. The Morgan fingerprint density at radius 3 is 1.89 bits per heavy atom. The lowest BCUT2D eigenvalue weighted by molar-refractivity contribution is -0.136. The molecular weight excluding hydrogens is 256 g/mol. The van der Waals surface area contributed by atoms with Gasteiger partial charge in [-0.2, -0.15) is 0 Å². The fourth-order valence-corrected chi connectivity index (χ4v) is 2.89. The highest BCUT2D eigenvalue weighted by Gasteiger charge is 2.01. The first kappa shape index (κ1) is 18.6. The van der Waals surface area contributed by atoms with E-state index < -0.39 is 5.97 Å². The molecule has 3 heteroatoms. The topological polar surface area (TPSA) is 37.3 Å². The largest absolute Gasteiger partial charge is 0.481 e. The van der Waals surface area contributed by atoms with Crippen molar-refractivity contribution in [1.82, 2.24) is 0 Å². The summed E-state index contributed by atoms with van der Waals surface area (Å²) < 4.78 is 0. The predicted octanol–water partition coefficient (Wildman–Crippen LogP) is 5.63. The van der Waals surface area contributed by atoms with Gasteiger partial charge < -0.3 is 5.11 Å². The lowest BCUT2D eigenvalue weighted by Crippen LogP contribution is -1.94. The minimum absolute atomic E-state index is 0.0996. The summed E-state index contributed by atoms with van der Waals surface area (Å²) in [6.45, 7) is 6.01. The molecule has 0 saturated carbocycles. The third-order valence-corrected chi connectivity index (χ3v) is 4.20. The van der Waals surface area contributed by atoms with E-state index in [0.717, 1.165) is 10.7 Å². The second-order valence-corrected chi connectivity index (χ2v) is 6.41. The second kappa shape index (κ2) is 14.0. The van der Waals surface area contributed by atoms with E-state index in [9.17, 15) is 4.79 Å². The highest BCUT2D eigenvalue weighted by molar-refractivity contribution is 8.03. The monoisotopic (exact) mass is 286 g/mol. The van der Waals surface area contributed by atoms with Crippen LogP contribution in [0.15, 0.2) is 11.5 Å². The zero-order valence-corrected chi connectivity index (χ0v) is 13.3. The predicted molar refractivity (Wildman–Crippen MR) is 85.7 cm³/mol. The van der Waals surface area contributed by atoms with Crippen LogP contribution in [0.1, 0.15) is 77.6 Å². The van der Waals surface area contributed by atoms with Gasteiger partial charge in [-0.1, -0.05) is 71.3 Å². The van der Waals surface area contributed by atoms with Crippen LogP contribution in [0.2, 0.25) is 0 Å². The van der Waals surface area contributed by atoms with Gasteiger partial charge in [-0.25, -0.2) is 0 Å². The molecule has 0 rings (SSSR count). The Bertz CT molecular complexity index is 239. The van der Waals surface area contributed by atoms with Crippen molar-refractivity contribution in [3.63, 3.8) is 0 Å². The van der Waals surface area contributed by atoms with Gasteiger partial charge in [0.1, 0.15) is 0 Å². The number of aliphatic carboxylic acids is 1. The normalized spacial score (nSPS) is 10.6. The van der Waals surface area contributed by atoms with E-state index in [1.165, 1.54) is 64.2 Å². The van der Waals surface area contributed by atoms with Crippen LogP contribution in [0.5, 0.6) is 0 Å². The summed E-state index contributed by atoms with van der Waals surface area (Å²) in [6, 6.07) is 0. The third-order valence-electron chi connectivity index (χ3n) is 3.15. The second-order valence-electron chi connectivity index (χ2n) is 5.14. The molecule has 0 aliphatic carbocycles. The van der Waals surface area contributed by atoms with E-state index >= 15 is 0 Å². The molecule has 0 atom stereocenters. The average Bonchev–Trinajstić information content (AvgIpc) is 2.35. The van der Waals surface area contributed by atoms with Gasteiger partial charge in [0.2, 0.25) is 0 Å². The summed E-state index contributed by atoms with van der Waals surface area (Å²) in [5.74, 6) is 0.239. The van der Waals surface area contributed by atoms with Crippen LogP contribution in [-0.2, 0) is 4.79 Å². The molecule has 0 spiro atoms. The zero-order chi connectivity index (χ0) is 14.3. The van der Waals surface area contributed by atoms with Crippen molar-refractivity contribution in [1.29, 1.82) is 0 Å². The number of carboxylic acids is 1. The molecule has 0 aliphatic heterocycles. The van der Waals surface area contributed by atoms with Gasteiger partial charge in [0.25, 0.3) is 0 Å². The first-order valence-corrected chi connectivity index (χ1v) is 8.67. The Morgan fingerprint density at radius 1 is 0.947 bits per heavy atom. The van der Waals surface area contributed by atoms with Gasteiger partial charge >= 0.3 is 5.97 Å². The Labute approximate surface area is 123 Å². The zero-order valence-electron chi connectivity index (χ0n) is 12.5. The van der Waals surface area contributed by atoms with E-state index in [1.807, 2.05) is 0 Å². The number of thioether (sulfide) groups is 1. The molecule has 0 fully saturated rings. The molecule has 0 radical (unpaired) electrons. The lowest BCUT2D eigenvalue weighted by atomic mass is 10.1. The van der Waals surface area contributed by atoms with Crippen LogP contribution in [0.4, 0.5) is 0 Å². The average molecular weight is 286 g/mol. The van der Waals surface area contributed by atoms with Crippen molar-refractivity contribution in [2.75, 3.05) is 5.75 Å². The third kappa shape index (κ3) is 15.5. The minimum Gasteiger partial charge on any atom is -0.481 e. The molecule has 1 N–H and O–H groups in total. The van der Waals surface area contributed by atoms with Crippen LogP contribution in [-0.4, -0.2) is 16.8 Å². The van der Waals surface area contributed by atoms with Crippen molar-refractivity contribution in [2.24, 2.45) is 0 Å². The van der Waals surface area contributed by atoms with Crippen molar-refractivity contribution in [3.8, 4) is 0 Å². The first-order valence-electron chi connectivity index (χ1n) is 7.69. The quantitative estimate of drug-likeness (QED) is 0.420. The van der Waals surface area contributed by atoms with Gasteiger partial charge in [-0.05, 0) is 17.1 Å². The lowest BCUT2D eigenvalue weighted by Gasteiger charge is -2.03. The Kier molecular flexibility index (Phi) is 13.7. The van der Waals surface area contributed by atoms with Crippen molar-refractivity contribution >= 4 is 17.7 Å². The molecule has 0 amide bonds. The highest BCUT2D eigenvalue weighted by Crippen LogP contribution is 2.19. The summed E-state index contributed by atoms with van der Waals surface area (Å²) >= 11 is 1.61. The van der Waals surface area contributed by atoms with Crippen LogP contribution in [0.25, 0.3) is 0 Å². The molecule has 0 bridgehead atoms. The fraction of sp³-hybridized carbons (Fsp3) is 0.812. The van der Waals surface area contributed by atoms with Crippen LogP contribution in [0, 0.1) is 0 Å². The van der Waals surface area contributed by atoms with E-state index in [2.05, 4.69) is 13.5 Å². The standard InChI is InChI=1S/C16H30O2S/c1-3-4-5-6-7-8-9-10-11-12-13-19-15(2)14-16(17)18/h2-14H2,1H3,(H,17,18). The maximum absolute atomic E-state index is 10.4. The molecule has 0 aromatic rings. The van der Waals surface area contributed by atoms with Gasteiger partial charge in [0, 0.05) is 0 Å². The van der Waals surface area contributed by atoms with Gasteiger partial charge in [0.15, 0.2) is 0 Å². The minimum atomic E-state index is -0.777. The molecule has 0 unspecified atom stereocenters. The van der Waals surface area contributed by atoms with E-state index in [1.54, 1.807) is 11.8 Å². The molecular formula is C16H30O2S. The number of unbranched alkanes of at least 4 members (excludes halogenated alkanes) is 9. The Hall–Kier alpha value is -0.440. The number of carbonyl (C=O) groups is 1. The number of carboxylic acid groups (broad SMARTS) is 1. The summed E-state index contributed by atoms with van der Waals surface area (Å²) in [6.07, 6.45) is 13.5.